The molecule has 0 aliphatic carbocycles. The molecular formula is C28H31N3O2. The van der Waals surface area contributed by atoms with E-state index in [9.17, 15) is 4.79 Å². The SMILES string of the molecule is CCN(CC)Cc1ccc(N(C)C(=O)c2cc3cc(OCc4ccccc4)ccc3[nH]2)cc1. The van der Waals surface area contributed by atoms with Crippen LogP contribution in [-0.4, -0.2) is 35.9 Å². The smallest absolute Gasteiger partial charge is 0.274 e. The molecule has 0 spiro atoms. The zero-order chi connectivity index (χ0) is 23.2. The third-order valence-corrected chi connectivity index (χ3v) is 6.00. The number of hydrogen-bond acceptors (Lipinski definition) is 3. The zero-order valence-electron chi connectivity index (χ0n) is 19.5. The quantitative estimate of drug-likeness (QED) is 0.354. The molecule has 5 heteroatoms. The third kappa shape index (κ3) is 5.44. The molecule has 4 aromatic rings. The number of rotatable bonds is 9. The molecule has 0 saturated carbocycles. The first-order chi connectivity index (χ1) is 16.1. The second-order valence-corrected chi connectivity index (χ2v) is 8.20. The fourth-order valence-corrected chi connectivity index (χ4v) is 3.88. The summed E-state index contributed by atoms with van der Waals surface area (Å²) >= 11 is 0. The number of benzene rings is 3. The maximum Gasteiger partial charge on any atom is 0.274 e. The second-order valence-electron chi connectivity index (χ2n) is 8.20. The van der Waals surface area contributed by atoms with Gasteiger partial charge in [-0.25, -0.2) is 0 Å². The molecule has 0 saturated heterocycles. The molecule has 5 nitrogen and oxygen atoms in total. The van der Waals surface area contributed by atoms with Crippen LogP contribution in [0.4, 0.5) is 5.69 Å². The number of anilines is 1. The second kappa shape index (κ2) is 10.4. The van der Waals surface area contributed by atoms with Gasteiger partial charge in [0.1, 0.15) is 18.1 Å². The van der Waals surface area contributed by atoms with Gasteiger partial charge in [0.15, 0.2) is 0 Å². The maximum atomic E-state index is 13.1. The fraction of sp³-hybridized carbons (Fsp3) is 0.250. The Hall–Kier alpha value is -3.57. The van der Waals surface area contributed by atoms with E-state index >= 15 is 0 Å². The summed E-state index contributed by atoms with van der Waals surface area (Å²) in [4.78, 5) is 20.4. The van der Waals surface area contributed by atoms with E-state index in [1.54, 1.807) is 4.90 Å². The van der Waals surface area contributed by atoms with Crippen LogP contribution in [-0.2, 0) is 13.2 Å². The monoisotopic (exact) mass is 441 g/mol. The van der Waals surface area contributed by atoms with E-state index < -0.39 is 0 Å². The Morgan fingerprint density at radius 2 is 1.61 bits per heavy atom. The number of ether oxygens (including phenoxy) is 1. The highest BCUT2D eigenvalue weighted by molar-refractivity contribution is 6.07. The van der Waals surface area contributed by atoms with Crippen molar-refractivity contribution in [3.8, 4) is 5.75 Å². The van der Waals surface area contributed by atoms with Gasteiger partial charge in [0.25, 0.3) is 5.91 Å². The Balaban J connectivity index is 1.44. The highest BCUT2D eigenvalue weighted by atomic mass is 16.5. The summed E-state index contributed by atoms with van der Waals surface area (Å²) < 4.78 is 5.93. The summed E-state index contributed by atoms with van der Waals surface area (Å²) in [6.07, 6.45) is 0. The Labute approximate surface area is 195 Å². The Bertz CT molecular complexity index is 1200. The van der Waals surface area contributed by atoms with Crippen LogP contribution in [0.5, 0.6) is 5.75 Å². The van der Waals surface area contributed by atoms with Crippen molar-refractivity contribution in [2.45, 2.75) is 27.0 Å². The minimum atomic E-state index is -0.0746. The number of nitrogens with zero attached hydrogens (tertiary/aromatic N) is 2. The predicted octanol–water partition coefficient (Wildman–Crippen LogP) is 5.87. The lowest BCUT2D eigenvalue weighted by molar-refractivity contribution is 0.0989. The highest BCUT2D eigenvalue weighted by Gasteiger charge is 2.16. The van der Waals surface area contributed by atoms with Gasteiger partial charge in [-0.15, -0.1) is 0 Å². The van der Waals surface area contributed by atoms with Crippen molar-refractivity contribution in [1.82, 2.24) is 9.88 Å². The maximum absolute atomic E-state index is 13.1. The third-order valence-electron chi connectivity index (χ3n) is 6.00. The standard InChI is InChI=1S/C28H31N3O2/c1-4-31(5-2)19-21-11-13-24(14-12-21)30(3)28(32)27-18-23-17-25(15-16-26(23)29-27)33-20-22-9-7-6-8-10-22/h6-18,29H,4-5,19-20H2,1-3H3. The van der Waals surface area contributed by atoms with E-state index in [0.717, 1.165) is 47.5 Å². The van der Waals surface area contributed by atoms with Gasteiger partial charge in [0.2, 0.25) is 0 Å². The number of carbonyl (C=O) groups is 1. The lowest BCUT2D eigenvalue weighted by Crippen LogP contribution is -2.26. The van der Waals surface area contributed by atoms with Crippen LogP contribution >= 0.6 is 0 Å². The first-order valence-corrected chi connectivity index (χ1v) is 11.5. The van der Waals surface area contributed by atoms with Crippen molar-refractivity contribution in [2.75, 3.05) is 25.0 Å². The van der Waals surface area contributed by atoms with Crippen LogP contribution in [0.2, 0.25) is 0 Å². The van der Waals surface area contributed by atoms with Crippen molar-refractivity contribution in [2.24, 2.45) is 0 Å². The van der Waals surface area contributed by atoms with Gasteiger partial charge in [0.05, 0.1) is 0 Å². The number of carbonyl (C=O) groups excluding carboxylic acids is 1. The lowest BCUT2D eigenvalue weighted by Gasteiger charge is -2.20. The molecule has 1 amide bonds. The molecule has 0 bridgehead atoms. The largest absolute Gasteiger partial charge is 0.489 e. The summed E-state index contributed by atoms with van der Waals surface area (Å²) in [5.74, 6) is 0.705. The summed E-state index contributed by atoms with van der Waals surface area (Å²) in [7, 11) is 1.81. The predicted molar refractivity (Wildman–Crippen MR) is 135 cm³/mol. The summed E-state index contributed by atoms with van der Waals surface area (Å²) in [6, 6.07) is 26.0. The van der Waals surface area contributed by atoms with Gasteiger partial charge in [-0.3, -0.25) is 9.69 Å². The topological polar surface area (TPSA) is 48.6 Å². The van der Waals surface area contributed by atoms with Gasteiger partial charge in [-0.05, 0) is 60.6 Å². The molecule has 1 N–H and O–H groups in total. The first-order valence-electron chi connectivity index (χ1n) is 11.5. The van der Waals surface area contributed by atoms with Crippen LogP contribution in [0.25, 0.3) is 10.9 Å². The molecule has 1 heterocycles. The molecule has 33 heavy (non-hydrogen) atoms. The lowest BCUT2D eigenvalue weighted by atomic mass is 10.1. The number of amides is 1. The van der Waals surface area contributed by atoms with Crippen LogP contribution in [0.15, 0.2) is 78.9 Å². The van der Waals surface area contributed by atoms with Gasteiger partial charge < -0.3 is 14.6 Å². The first kappa shape index (κ1) is 22.6. The molecule has 0 atom stereocenters. The molecule has 4 rings (SSSR count). The Morgan fingerprint density at radius 1 is 0.879 bits per heavy atom. The van der Waals surface area contributed by atoms with Gasteiger partial charge in [-0.2, -0.15) is 0 Å². The molecular weight excluding hydrogens is 410 g/mol. The number of nitrogens with one attached hydrogen (secondary N) is 1. The normalized spacial score (nSPS) is 11.2. The minimum Gasteiger partial charge on any atom is -0.489 e. The average molecular weight is 442 g/mol. The van der Waals surface area contributed by atoms with E-state index in [4.69, 9.17) is 4.74 Å². The van der Waals surface area contributed by atoms with Crippen LogP contribution in [0, 0.1) is 0 Å². The Morgan fingerprint density at radius 3 is 2.30 bits per heavy atom. The van der Waals surface area contributed by atoms with Crippen LogP contribution < -0.4 is 9.64 Å². The van der Waals surface area contributed by atoms with Gasteiger partial charge in [-0.1, -0.05) is 56.3 Å². The zero-order valence-corrected chi connectivity index (χ0v) is 19.5. The average Bonchev–Trinajstić information content (AvgIpc) is 3.29. The number of fused-ring (bicyclic) bond motifs is 1. The van der Waals surface area contributed by atoms with E-state index in [1.165, 1.54) is 5.56 Å². The number of aromatic nitrogens is 1. The minimum absolute atomic E-state index is 0.0746. The van der Waals surface area contributed by atoms with E-state index in [-0.39, 0.29) is 5.91 Å². The molecule has 3 aromatic carbocycles. The number of H-pyrrole nitrogens is 1. The molecule has 0 aliphatic rings. The van der Waals surface area contributed by atoms with Crippen molar-refractivity contribution in [3.63, 3.8) is 0 Å². The molecule has 170 valence electrons. The fourth-order valence-electron chi connectivity index (χ4n) is 3.88. The van der Waals surface area contributed by atoms with Crippen molar-refractivity contribution >= 4 is 22.5 Å². The highest BCUT2D eigenvalue weighted by Crippen LogP contribution is 2.24. The van der Waals surface area contributed by atoms with E-state index in [0.29, 0.717) is 12.3 Å². The van der Waals surface area contributed by atoms with Crippen molar-refractivity contribution in [1.29, 1.82) is 0 Å². The van der Waals surface area contributed by atoms with Gasteiger partial charge >= 0.3 is 0 Å². The summed E-state index contributed by atoms with van der Waals surface area (Å²) in [5.41, 5.74) is 4.70. The molecule has 0 radical (unpaired) electrons. The molecule has 0 unspecified atom stereocenters. The van der Waals surface area contributed by atoms with Crippen LogP contribution in [0.3, 0.4) is 0 Å². The molecule has 1 aromatic heterocycles. The molecule has 0 fully saturated rings. The summed E-state index contributed by atoms with van der Waals surface area (Å²) in [6.45, 7) is 7.81. The van der Waals surface area contributed by atoms with Crippen molar-refractivity contribution < 1.29 is 9.53 Å². The van der Waals surface area contributed by atoms with Crippen LogP contribution in [0.1, 0.15) is 35.5 Å². The van der Waals surface area contributed by atoms with E-state index in [1.807, 2.05) is 73.8 Å². The van der Waals surface area contributed by atoms with E-state index in [2.05, 4.69) is 35.9 Å². The van der Waals surface area contributed by atoms with Crippen molar-refractivity contribution in [3.05, 3.63) is 95.7 Å². The summed E-state index contributed by atoms with van der Waals surface area (Å²) in [5, 5.41) is 0.951. The Kier molecular flexibility index (Phi) is 7.10. The molecule has 0 aliphatic heterocycles. The number of aromatic amines is 1. The van der Waals surface area contributed by atoms with Gasteiger partial charge in [0, 0.05) is 30.2 Å². The number of hydrogen-bond donors (Lipinski definition) is 1.